The summed E-state index contributed by atoms with van der Waals surface area (Å²) in [4.78, 5) is 3.89. The highest BCUT2D eigenvalue weighted by Gasteiger charge is 2.26. The van der Waals surface area contributed by atoms with Gasteiger partial charge in [0.25, 0.3) is 0 Å². The second kappa shape index (κ2) is 7.14. The molecule has 1 heterocycles. The molecule has 0 aromatic carbocycles. The van der Waals surface area contributed by atoms with Gasteiger partial charge in [0, 0.05) is 6.20 Å². The molecule has 0 bridgehead atoms. The van der Waals surface area contributed by atoms with E-state index in [0.29, 0.717) is 5.92 Å². The van der Waals surface area contributed by atoms with Gasteiger partial charge in [-0.25, -0.2) is 4.98 Å². The molecule has 0 spiro atoms. The summed E-state index contributed by atoms with van der Waals surface area (Å²) < 4.78 is 35.6. The minimum absolute atomic E-state index is 0.247. The maximum Gasteiger partial charge on any atom is 0.405 e. The molecular formula is C12H19F3N2. The molecule has 2 nitrogen and oxygen atoms in total. The summed E-state index contributed by atoms with van der Waals surface area (Å²) in [5.74, 6) is 0.575. The Hall–Kier alpha value is -1.26. The Morgan fingerprint density at radius 2 is 1.82 bits per heavy atom. The lowest BCUT2D eigenvalue weighted by molar-refractivity contribution is -0.115. The number of halogens is 3. The SMILES string of the molecule is CC.CC(C)c1ccc(NCC(F)(F)F)nc1. The summed E-state index contributed by atoms with van der Waals surface area (Å²) in [5.41, 5.74) is 1.01. The van der Waals surface area contributed by atoms with Crippen molar-refractivity contribution < 1.29 is 13.2 Å². The fraction of sp³-hybridized carbons (Fsp3) is 0.583. The van der Waals surface area contributed by atoms with E-state index in [1.54, 1.807) is 18.3 Å². The lowest BCUT2D eigenvalue weighted by Crippen LogP contribution is -2.21. The van der Waals surface area contributed by atoms with Crippen LogP contribution in [0.1, 0.15) is 39.2 Å². The van der Waals surface area contributed by atoms with Crippen LogP contribution in [0.15, 0.2) is 18.3 Å². The molecule has 0 radical (unpaired) electrons. The average molecular weight is 248 g/mol. The van der Waals surface area contributed by atoms with Crippen molar-refractivity contribution in [3.8, 4) is 0 Å². The molecule has 1 aromatic heterocycles. The van der Waals surface area contributed by atoms with E-state index in [1.807, 2.05) is 27.7 Å². The topological polar surface area (TPSA) is 24.9 Å². The van der Waals surface area contributed by atoms with Crippen LogP contribution in [-0.4, -0.2) is 17.7 Å². The van der Waals surface area contributed by atoms with Gasteiger partial charge in [0.15, 0.2) is 0 Å². The molecule has 0 amide bonds. The van der Waals surface area contributed by atoms with Gasteiger partial charge in [-0.2, -0.15) is 13.2 Å². The smallest absolute Gasteiger partial charge is 0.361 e. The van der Waals surface area contributed by atoms with Crippen LogP contribution in [0.3, 0.4) is 0 Å². The highest BCUT2D eigenvalue weighted by atomic mass is 19.4. The van der Waals surface area contributed by atoms with Gasteiger partial charge in [-0.05, 0) is 17.5 Å². The van der Waals surface area contributed by atoms with Crippen LogP contribution >= 0.6 is 0 Å². The second-order valence-corrected chi connectivity index (χ2v) is 3.60. The van der Waals surface area contributed by atoms with Crippen LogP contribution in [0.2, 0.25) is 0 Å². The van der Waals surface area contributed by atoms with Crippen LogP contribution in [0.4, 0.5) is 19.0 Å². The molecule has 5 heteroatoms. The normalized spacial score (nSPS) is 10.8. The van der Waals surface area contributed by atoms with Crippen LogP contribution < -0.4 is 5.32 Å². The van der Waals surface area contributed by atoms with E-state index in [4.69, 9.17) is 0 Å². The van der Waals surface area contributed by atoms with E-state index in [0.717, 1.165) is 5.56 Å². The third-order valence-corrected chi connectivity index (χ3v) is 1.92. The Morgan fingerprint density at radius 1 is 1.24 bits per heavy atom. The minimum atomic E-state index is -4.21. The van der Waals surface area contributed by atoms with Gasteiger partial charge in [0.05, 0.1) is 0 Å². The van der Waals surface area contributed by atoms with Gasteiger partial charge in [-0.3, -0.25) is 0 Å². The van der Waals surface area contributed by atoms with Crippen LogP contribution in [0, 0.1) is 0 Å². The van der Waals surface area contributed by atoms with Crippen molar-refractivity contribution in [2.24, 2.45) is 0 Å². The Balaban J connectivity index is 0.00000121. The number of anilines is 1. The Labute approximate surface area is 100 Å². The molecule has 0 atom stereocenters. The third kappa shape index (κ3) is 6.81. The molecule has 0 aliphatic carbocycles. The van der Waals surface area contributed by atoms with Crippen LogP contribution in [-0.2, 0) is 0 Å². The number of nitrogens with zero attached hydrogens (tertiary/aromatic N) is 1. The number of aromatic nitrogens is 1. The minimum Gasteiger partial charge on any atom is -0.361 e. The molecule has 0 saturated carbocycles. The summed E-state index contributed by atoms with van der Waals surface area (Å²) in [6, 6.07) is 3.33. The number of nitrogens with one attached hydrogen (secondary N) is 1. The van der Waals surface area contributed by atoms with Crippen molar-refractivity contribution in [3.63, 3.8) is 0 Å². The average Bonchev–Trinajstić information content (AvgIpc) is 2.29. The predicted molar refractivity (Wildman–Crippen MR) is 64.2 cm³/mol. The first-order chi connectivity index (χ1) is 7.88. The molecule has 98 valence electrons. The van der Waals surface area contributed by atoms with E-state index in [-0.39, 0.29) is 5.82 Å². The molecule has 0 fully saturated rings. The lowest BCUT2D eigenvalue weighted by atomic mass is 10.1. The second-order valence-electron chi connectivity index (χ2n) is 3.60. The Bertz CT molecular complexity index is 305. The van der Waals surface area contributed by atoms with Crippen molar-refractivity contribution >= 4 is 5.82 Å². The number of hydrogen-bond donors (Lipinski definition) is 1. The molecule has 1 N–H and O–H groups in total. The van der Waals surface area contributed by atoms with E-state index in [2.05, 4.69) is 10.3 Å². The van der Waals surface area contributed by atoms with Gasteiger partial charge >= 0.3 is 6.18 Å². The van der Waals surface area contributed by atoms with Crippen molar-refractivity contribution in [2.45, 2.75) is 39.8 Å². The Kier molecular flexibility index (Phi) is 6.61. The van der Waals surface area contributed by atoms with E-state index in [1.165, 1.54) is 0 Å². The molecule has 0 unspecified atom stereocenters. The third-order valence-electron chi connectivity index (χ3n) is 1.92. The van der Waals surface area contributed by atoms with Crippen LogP contribution in [0.5, 0.6) is 0 Å². The monoisotopic (exact) mass is 248 g/mol. The zero-order valence-corrected chi connectivity index (χ0v) is 10.6. The lowest BCUT2D eigenvalue weighted by Gasteiger charge is -2.10. The van der Waals surface area contributed by atoms with Crippen molar-refractivity contribution in [1.29, 1.82) is 0 Å². The quantitative estimate of drug-likeness (QED) is 0.866. The van der Waals surface area contributed by atoms with Gasteiger partial charge in [0.1, 0.15) is 12.4 Å². The number of rotatable bonds is 3. The first kappa shape index (κ1) is 15.7. The maximum absolute atomic E-state index is 11.9. The first-order valence-corrected chi connectivity index (χ1v) is 5.65. The number of alkyl halides is 3. The van der Waals surface area contributed by atoms with E-state index in [9.17, 15) is 13.2 Å². The summed E-state index contributed by atoms with van der Waals surface area (Å²) in [6.07, 6.45) is -2.62. The first-order valence-electron chi connectivity index (χ1n) is 5.65. The molecule has 0 aliphatic heterocycles. The predicted octanol–water partition coefficient (Wildman–Crippen LogP) is 4.21. The van der Waals surface area contributed by atoms with E-state index < -0.39 is 12.7 Å². The molecule has 1 aromatic rings. The molecule has 0 aliphatic rings. The van der Waals surface area contributed by atoms with Gasteiger partial charge in [-0.1, -0.05) is 33.8 Å². The maximum atomic E-state index is 11.9. The largest absolute Gasteiger partial charge is 0.405 e. The van der Waals surface area contributed by atoms with Crippen molar-refractivity contribution in [3.05, 3.63) is 23.9 Å². The highest BCUT2D eigenvalue weighted by Crippen LogP contribution is 2.17. The number of hydrogen-bond acceptors (Lipinski definition) is 2. The zero-order valence-electron chi connectivity index (χ0n) is 10.6. The van der Waals surface area contributed by atoms with Gasteiger partial charge < -0.3 is 5.32 Å². The zero-order chi connectivity index (χ0) is 13.5. The molecule has 17 heavy (non-hydrogen) atoms. The molecule has 0 saturated heterocycles. The van der Waals surface area contributed by atoms with Crippen molar-refractivity contribution in [2.75, 3.05) is 11.9 Å². The fourth-order valence-corrected chi connectivity index (χ4v) is 1.04. The van der Waals surface area contributed by atoms with E-state index >= 15 is 0 Å². The highest BCUT2D eigenvalue weighted by molar-refractivity contribution is 5.36. The summed E-state index contributed by atoms with van der Waals surface area (Å²) in [5, 5.41) is 2.21. The summed E-state index contributed by atoms with van der Waals surface area (Å²) in [7, 11) is 0. The van der Waals surface area contributed by atoms with Crippen LogP contribution in [0.25, 0.3) is 0 Å². The standard InChI is InChI=1S/C10H13F3N2.C2H6/c1-7(2)8-3-4-9(14-5-8)15-6-10(11,12)13;1-2/h3-5,7H,6H2,1-2H3,(H,14,15);1-2H3. The van der Waals surface area contributed by atoms with Gasteiger partial charge in [0.2, 0.25) is 0 Å². The van der Waals surface area contributed by atoms with Crippen molar-refractivity contribution in [1.82, 2.24) is 4.98 Å². The summed E-state index contributed by atoms with van der Waals surface area (Å²) in [6.45, 7) is 6.95. The molecular weight excluding hydrogens is 229 g/mol. The summed E-state index contributed by atoms with van der Waals surface area (Å²) >= 11 is 0. The van der Waals surface area contributed by atoms with Gasteiger partial charge in [-0.15, -0.1) is 0 Å². The fourth-order valence-electron chi connectivity index (χ4n) is 1.04. The molecule has 1 rings (SSSR count). The number of pyridine rings is 1. The Morgan fingerprint density at radius 3 is 2.18 bits per heavy atom.